The lowest BCUT2D eigenvalue weighted by Gasteiger charge is -2.19. The molecule has 28 heavy (non-hydrogen) atoms. The van der Waals surface area contributed by atoms with Crippen LogP contribution in [0.25, 0.3) is 11.1 Å². The predicted molar refractivity (Wildman–Crippen MR) is 114 cm³/mol. The molecule has 0 radical (unpaired) electrons. The molecule has 1 saturated heterocycles. The van der Waals surface area contributed by atoms with E-state index >= 15 is 4.39 Å². The molecular weight excluding hydrogens is 400 g/mol. The molecule has 3 atom stereocenters. The van der Waals surface area contributed by atoms with Gasteiger partial charge in [-0.1, -0.05) is 41.9 Å². The zero-order chi connectivity index (χ0) is 19.2. The number of piperidine rings is 1. The van der Waals surface area contributed by atoms with Gasteiger partial charge < -0.3 is 15.5 Å². The molecule has 3 unspecified atom stereocenters. The average Bonchev–Trinajstić information content (AvgIpc) is 3.15. The average molecular weight is 424 g/mol. The molecule has 4 rings (SSSR count). The molecule has 7 heteroatoms. The molecule has 2 N–H and O–H groups in total. The van der Waals surface area contributed by atoms with Crippen LogP contribution in [0.5, 0.6) is 0 Å². The number of fused-ring (bicyclic) bond motifs is 1. The number of amides is 1. The van der Waals surface area contributed by atoms with Crippen LogP contribution in [-0.2, 0) is 4.79 Å². The van der Waals surface area contributed by atoms with E-state index in [2.05, 4.69) is 15.5 Å². The minimum absolute atomic E-state index is 0. The van der Waals surface area contributed by atoms with Crippen molar-refractivity contribution in [3.8, 4) is 11.1 Å². The summed E-state index contributed by atoms with van der Waals surface area (Å²) < 4.78 is 15.0. The van der Waals surface area contributed by atoms with Crippen molar-refractivity contribution in [1.82, 2.24) is 10.2 Å². The second-order valence-electron chi connectivity index (χ2n) is 7.92. The second kappa shape index (κ2) is 7.99. The van der Waals surface area contributed by atoms with Gasteiger partial charge in [-0.3, -0.25) is 4.79 Å². The lowest BCUT2D eigenvalue weighted by atomic mass is 9.98. The second-order valence-corrected chi connectivity index (χ2v) is 8.32. The fraction of sp³-hybridized carbons (Fsp3) is 0.381. The maximum atomic E-state index is 15.0. The highest BCUT2D eigenvalue weighted by Crippen LogP contribution is 2.54. The first-order valence-corrected chi connectivity index (χ1v) is 9.52. The molecule has 4 nitrogen and oxygen atoms in total. The summed E-state index contributed by atoms with van der Waals surface area (Å²) in [7, 11) is 4.10. The molecule has 2 fully saturated rings. The highest BCUT2D eigenvalue weighted by Gasteiger charge is 2.61. The first-order valence-electron chi connectivity index (χ1n) is 9.15. The largest absolute Gasteiger partial charge is 0.322 e. The summed E-state index contributed by atoms with van der Waals surface area (Å²) in [5, 5.41) is 6.62. The molecule has 1 aliphatic heterocycles. The monoisotopic (exact) mass is 423 g/mol. The Morgan fingerprint density at radius 2 is 1.93 bits per heavy atom. The number of hydrogen-bond donors (Lipinski definition) is 2. The summed E-state index contributed by atoms with van der Waals surface area (Å²) in [6.07, 6.45) is 1.89. The number of rotatable bonds is 5. The SMILES string of the molecule is CN(C)CC12CC(C(=O)Nc3cccc(-c4ccccc4Cl)c3F)NC1C2.Cl. The molecule has 0 bridgehead atoms. The third-order valence-corrected chi connectivity index (χ3v) is 5.90. The van der Waals surface area contributed by atoms with Crippen LogP contribution in [0.15, 0.2) is 42.5 Å². The zero-order valence-electron chi connectivity index (χ0n) is 15.8. The maximum absolute atomic E-state index is 15.0. The standard InChI is InChI=1S/C21H23ClFN3O.ClH/c1-26(2)12-21-10-17(24-18(21)11-21)20(27)25-16-9-5-7-14(19(16)23)13-6-3-4-8-15(13)22;/h3-9,17-18,24H,10-12H2,1-2H3,(H,25,27);1H. The van der Waals surface area contributed by atoms with Crippen molar-refractivity contribution >= 4 is 35.6 Å². The van der Waals surface area contributed by atoms with Gasteiger partial charge in [0.15, 0.2) is 5.82 Å². The Hall–Kier alpha value is -1.66. The molecule has 2 aliphatic rings. The number of nitrogens with one attached hydrogen (secondary N) is 2. The van der Waals surface area contributed by atoms with Crippen LogP contribution in [0.1, 0.15) is 12.8 Å². The summed E-state index contributed by atoms with van der Waals surface area (Å²) in [6, 6.07) is 12.2. The number of carbonyl (C=O) groups is 1. The van der Waals surface area contributed by atoms with E-state index in [1.807, 2.05) is 20.2 Å². The minimum atomic E-state index is -0.467. The molecule has 1 amide bonds. The first-order chi connectivity index (χ1) is 12.9. The van der Waals surface area contributed by atoms with Gasteiger partial charge in [0.2, 0.25) is 5.91 Å². The topological polar surface area (TPSA) is 44.4 Å². The molecule has 2 aromatic rings. The van der Waals surface area contributed by atoms with Crippen molar-refractivity contribution in [2.45, 2.75) is 24.9 Å². The molecular formula is C21H24Cl2FN3O. The Balaban J connectivity index is 0.00000225. The molecule has 0 aromatic heterocycles. The molecule has 1 heterocycles. The van der Waals surface area contributed by atoms with E-state index in [4.69, 9.17) is 11.6 Å². The Kier molecular flexibility index (Phi) is 6.01. The van der Waals surface area contributed by atoms with E-state index in [1.54, 1.807) is 36.4 Å². The van der Waals surface area contributed by atoms with Crippen LogP contribution in [0.3, 0.4) is 0 Å². The summed E-state index contributed by atoms with van der Waals surface area (Å²) >= 11 is 6.20. The number of carbonyl (C=O) groups excluding carboxylic acids is 1. The van der Waals surface area contributed by atoms with Crippen LogP contribution < -0.4 is 10.6 Å². The van der Waals surface area contributed by atoms with Crippen molar-refractivity contribution < 1.29 is 9.18 Å². The minimum Gasteiger partial charge on any atom is -0.322 e. The summed E-state index contributed by atoms with van der Waals surface area (Å²) in [5.41, 5.74) is 1.35. The van der Waals surface area contributed by atoms with Gasteiger partial charge in [0.25, 0.3) is 0 Å². The molecule has 150 valence electrons. The molecule has 1 saturated carbocycles. The van der Waals surface area contributed by atoms with Crippen molar-refractivity contribution in [3.05, 3.63) is 53.3 Å². The van der Waals surface area contributed by atoms with Gasteiger partial charge in [0, 0.05) is 34.2 Å². The predicted octanol–water partition coefficient (Wildman–Crippen LogP) is 4.19. The van der Waals surface area contributed by atoms with E-state index in [-0.39, 0.29) is 35.5 Å². The van der Waals surface area contributed by atoms with E-state index in [0.29, 0.717) is 22.2 Å². The van der Waals surface area contributed by atoms with E-state index < -0.39 is 5.82 Å². The molecule has 0 spiro atoms. The highest BCUT2D eigenvalue weighted by atomic mass is 35.5. The van der Waals surface area contributed by atoms with Crippen molar-refractivity contribution in [2.75, 3.05) is 26.0 Å². The van der Waals surface area contributed by atoms with E-state index in [9.17, 15) is 4.79 Å². The number of hydrogen-bond acceptors (Lipinski definition) is 3. The van der Waals surface area contributed by atoms with Crippen LogP contribution in [0.4, 0.5) is 10.1 Å². The van der Waals surface area contributed by atoms with Crippen molar-refractivity contribution in [2.24, 2.45) is 5.41 Å². The lowest BCUT2D eigenvalue weighted by molar-refractivity contribution is -0.118. The van der Waals surface area contributed by atoms with Crippen LogP contribution in [0, 0.1) is 11.2 Å². The number of halogens is 3. The number of anilines is 1. The number of nitrogens with zero attached hydrogens (tertiary/aromatic N) is 1. The van der Waals surface area contributed by atoms with Crippen LogP contribution in [0.2, 0.25) is 5.02 Å². The Labute approximate surface area is 175 Å². The first kappa shape index (κ1) is 21.1. The Morgan fingerprint density at radius 3 is 2.64 bits per heavy atom. The summed E-state index contributed by atoms with van der Waals surface area (Å²) in [5.74, 6) is -0.652. The number of benzene rings is 2. The van der Waals surface area contributed by atoms with Gasteiger partial charge in [0.1, 0.15) is 0 Å². The third kappa shape index (κ3) is 3.90. The fourth-order valence-corrected chi connectivity index (χ4v) is 4.53. The van der Waals surface area contributed by atoms with Gasteiger partial charge in [-0.15, -0.1) is 12.4 Å². The lowest BCUT2D eigenvalue weighted by Crippen LogP contribution is -2.38. The van der Waals surface area contributed by atoms with Gasteiger partial charge >= 0.3 is 0 Å². The Morgan fingerprint density at radius 1 is 1.21 bits per heavy atom. The van der Waals surface area contributed by atoms with E-state index in [0.717, 1.165) is 19.4 Å². The zero-order valence-corrected chi connectivity index (χ0v) is 17.4. The van der Waals surface area contributed by atoms with Gasteiger partial charge in [0.05, 0.1) is 11.7 Å². The fourth-order valence-electron chi connectivity index (χ4n) is 4.29. The normalized spacial score (nSPS) is 25.2. The quantitative estimate of drug-likeness (QED) is 0.757. The van der Waals surface area contributed by atoms with Crippen LogP contribution in [-0.4, -0.2) is 43.5 Å². The highest BCUT2D eigenvalue weighted by molar-refractivity contribution is 6.33. The third-order valence-electron chi connectivity index (χ3n) is 5.57. The maximum Gasteiger partial charge on any atom is 0.241 e. The Bertz CT molecular complexity index is 892. The summed E-state index contributed by atoms with van der Waals surface area (Å²) in [4.78, 5) is 14.9. The van der Waals surface area contributed by atoms with E-state index in [1.165, 1.54) is 0 Å². The van der Waals surface area contributed by atoms with Crippen molar-refractivity contribution in [3.63, 3.8) is 0 Å². The van der Waals surface area contributed by atoms with Gasteiger partial charge in [-0.05, 0) is 39.1 Å². The molecule has 1 aliphatic carbocycles. The van der Waals surface area contributed by atoms with Crippen molar-refractivity contribution in [1.29, 1.82) is 0 Å². The summed E-state index contributed by atoms with van der Waals surface area (Å²) in [6.45, 7) is 0.963. The smallest absolute Gasteiger partial charge is 0.241 e. The van der Waals surface area contributed by atoms with Gasteiger partial charge in [-0.2, -0.15) is 0 Å². The molecule has 2 aromatic carbocycles. The van der Waals surface area contributed by atoms with Gasteiger partial charge in [-0.25, -0.2) is 4.39 Å². The van der Waals surface area contributed by atoms with Crippen LogP contribution >= 0.6 is 24.0 Å².